The van der Waals surface area contributed by atoms with Crippen LogP contribution >= 0.6 is 0 Å². The molecule has 0 unspecified atom stereocenters. The van der Waals surface area contributed by atoms with Gasteiger partial charge in [-0.25, -0.2) is 4.39 Å². The van der Waals surface area contributed by atoms with Gasteiger partial charge < -0.3 is 19.5 Å². The zero-order valence-corrected chi connectivity index (χ0v) is 17.2. The molecule has 1 amide bonds. The second kappa shape index (κ2) is 9.71. The summed E-state index contributed by atoms with van der Waals surface area (Å²) in [5.41, 5.74) is 1.82. The molecule has 3 rings (SSSR count). The molecule has 30 heavy (non-hydrogen) atoms. The summed E-state index contributed by atoms with van der Waals surface area (Å²) in [4.78, 5) is 24.3. The Hall–Kier alpha value is -2.93. The van der Waals surface area contributed by atoms with E-state index in [0.29, 0.717) is 43.8 Å². The molecule has 0 aliphatic carbocycles. The molecule has 0 aromatic heterocycles. The highest BCUT2D eigenvalue weighted by atomic mass is 19.1. The van der Waals surface area contributed by atoms with Crippen molar-refractivity contribution in [2.45, 2.75) is 19.3 Å². The lowest BCUT2D eigenvalue weighted by atomic mass is 9.74. The van der Waals surface area contributed by atoms with Crippen molar-refractivity contribution in [3.63, 3.8) is 0 Å². The van der Waals surface area contributed by atoms with E-state index in [0.717, 1.165) is 11.1 Å². The topological polar surface area (TPSA) is 73.9 Å². The van der Waals surface area contributed by atoms with Crippen LogP contribution in [0.3, 0.4) is 0 Å². The maximum atomic E-state index is 13.7. The van der Waals surface area contributed by atoms with Crippen LogP contribution in [-0.4, -0.2) is 45.9 Å². The van der Waals surface area contributed by atoms with Crippen LogP contribution in [0.15, 0.2) is 42.5 Å². The molecular weight excluding hydrogens is 389 g/mol. The summed E-state index contributed by atoms with van der Waals surface area (Å²) in [7, 11) is 2.83. The molecule has 1 aliphatic heterocycles. The molecule has 0 saturated carbocycles. The van der Waals surface area contributed by atoms with E-state index in [1.807, 2.05) is 24.3 Å². The quantitative estimate of drug-likeness (QED) is 0.704. The second-order valence-corrected chi connectivity index (χ2v) is 7.37. The monoisotopic (exact) mass is 415 g/mol. The number of amides is 1. The molecule has 6 nitrogen and oxygen atoms in total. The second-order valence-electron chi connectivity index (χ2n) is 7.37. The van der Waals surface area contributed by atoms with Gasteiger partial charge in [0.25, 0.3) is 0 Å². The molecule has 0 bridgehead atoms. The van der Waals surface area contributed by atoms with Crippen LogP contribution in [0.5, 0.6) is 5.75 Å². The largest absolute Gasteiger partial charge is 0.496 e. The molecule has 7 heteroatoms. The Balaban J connectivity index is 1.80. The molecule has 0 spiro atoms. The van der Waals surface area contributed by atoms with Gasteiger partial charge in [0.1, 0.15) is 18.1 Å². The minimum absolute atomic E-state index is 0.157. The molecular formula is C23H26FNO5. The maximum absolute atomic E-state index is 13.7. The number of ether oxygens (including phenoxy) is 3. The fourth-order valence-electron chi connectivity index (χ4n) is 3.76. The van der Waals surface area contributed by atoms with Crippen molar-refractivity contribution >= 4 is 11.9 Å². The van der Waals surface area contributed by atoms with Gasteiger partial charge in [0.2, 0.25) is 5.91 Å². The molecule has 160 valence electrons. The molecule has 2 aromatic carbocycles. The smallest absolute Gasteiger partial charge is 0.325 e. The first kappa shape index (κ1) is 21.8. The number of nitrogens with one attached hydrogen (secondary N) is 1. The number of hydrogen-bond acceptors (Lipinski definition) is 5. The van der Waals surface area contributed by atoms with Crippen molar-refractivity contribution in [3.8, 4) is 16.9 Å². The maximum Gasteiger partial charge on any atom is 0.325 e. The first-order valence-corrected chi connectivity index (χ1v) is 9.83. The molecule has 1 fully saturated rings. The van der Waals surface area contributed by atoms with Crippen LogP contribution in [-0.2, 0) is 25.5 Å². The summed E-state index contributed by atoms with van der Waals surface area (Å²) in [6, 6.07) is 12.1. The van der Waals surface area contributed by atoms with Gasteiger partial charge in [-0.2, -0.15) is 0 Å². The number of carbonyl (C=O) groups excluding carboxylic acids is 2. The van der Waals surface area contributed by atoms with E-state index in [1.54, 1.807) is 13.2 Å². The third-order valence-corrected chi connectivity index (χ3v) is 5.52. The Morgan fingerprint density at radius 2 is 1.80 bits per heavy atom. The third kappa shape index (κ3) is 4.97. The van der Waals surface area contributed by atoms with E-state index < -0.39 is 11.4 Å². The predicted octanol–water partition coefficient (Wildman–Crippen LogP) is 3.13. The minimum atomic E-state index is -0.648. The van der Waals surface area contributed by atoms with Crippen LogP contribution in [0, 0.1) is 11.2 Å². The molecule has 1 N–H and O–H groups in total. The van der Waals surface area contributed by atoms with Gasteiger partial charge in [0.15, 0.2) is 0 Å². The molecule has 1 saturated heterocycles. The van der Waals surface area contributed by atoms with E-state index in [1.165, 1.54) is 19.2 Å². The van der Waals surface area contributed by atoms with Gasteiger partial charge in [0.05, 0.1) is 19.6 Å². The standard InChI is InChI=1S/C23H26FNO5/c1-28-20-8-7-18(24)13-19(20)17-5-3-16(4-6-17)14-23(9-11-30-12-10-23)22(27)25-15-21(26)29-2/h3-8,13H,9-12,14-15H2,1-2H3,(H,25,27). The van der Waals surface area contributed by atoms with E-state index in [-0.39, 0.29) is 18.3 Å². The highest BCUT2D eigenvalue weighted by Gasteiger charge is 2.40. The highest BCUT2D eigenvalue weighted by molar-refractivity contribution is 5.86. The zero-order valence-electron chi connectivity index (χ0n) is 17.2. The van der Waals surface area contributed by atoms with E-state index in [2.05, 4.69) is 10.1 Å². The van der Waals surface area contributed by atoms with Gasteiger partial charge in [-0.1, -0.05) is 24.3 Å². The normalized spacial score (nSPS) is 15.3. The van der Waals surface area contributed by atoms with Gasteiger partial charge in [-0.15, -0.1) is 0 Å². The summed E-state index contributed by atoms with van der Waals surface area (Å²) in [5.74, 6) is -0.406. The van der Waals surface area contributed by atoms with Crippen molar-refractivity contribution in [3.05, 3.63) is 53.8 Å². The van der Waals surface area contributed by atoms with Crippen molar-refractivity contribution in [1.82, 2.24) is 5.32 Å². The van der Waals surface area contributed by atoms with Crippen molar-refractivity contribution < 1.29 is 28.2 Å². The average molecular weight is 415 g/mol. The van der Waals surface area contributed by atoms with E-state index in [9.17, 15) is 14.0 Å². The SMILES string of the molecule is COC(=O)CNC(=O)C1(Cc2ccc(-c3cc(F)ccc3OC)cc2)CCOCC1. The van der Waals surface area contributed by atoms with Crippen LogP contribution < -0.4 is 10.1 Å². The highest BCUT2D eigenvalue weighted by Crippen LogP contribution is 2.36. The zero-order chi connectivity index (χ0) is 21.6. The Kier molecular flexibility index (Phi) is 7.05. The number of carbonyl (C=O) groups is 2. The van der Waals surface area contributed by atoms with Crippen LogP contribution in [0.1, 0.15) is 18.4 Å². The molecule has 0 radical (unpaired) electrons. The minimum Gasteiger partial charge on any atom is -0.496 e. The number of rotatable bonds is 7. The Labute approximate surface area is 175 Å². The number of methoxy groups -OCH3 is 2. The van der Waals surface area contributed by atoms with Gasteiger partial charge in [0, 0.05) is 18.8 Å². The fraction of sp³-hybridized carbons (Fsp3) is 0.391. The molecule has 2 aromatic rings. The predicted molar refractivity (Wildman–Crippen MR) is 110 cm³/mol. The Morgan fingerprint density at radius 3 is 2.43 bits per heavy atom. The Bertz CT molecular complexity index is 891. The lowest BCUT2D eigenvalue weighted by Gasteiger charge is -2.35. The lowest BCUT2D eigenvalue weighted by molar-refractivity contribution is -0.144. The summed E-state index contributed by atoms with van der Waals surface area (Å²) in [6.07, 6.45) is 1.66. The fourth-order valence-corrected chi connectivity index (χ4v) is 3.76. The number of esters is 1. The molecule has 1 aliphatic rings. The van der Waals surface area contributed by atoms with E-state index >= 15 is 0 Å². The van der Waals surface area contributed by atoms with Crippen LogP contribution in [0.2, 0.25) is 0 Å². The van der Waals surface area contributed by atoms with Crippen molar-refractivity contribution in [1.29, 1.82) is 0 Å². The van der Waals surface area contributed by atoms with Crippen LogP contribution in [0.4, 0.5) is 4.39 Å². The summed E-state index contributed by atoms with van der Waals surface area (Å²) >= 11 is 0. The van der Waals surface area contributed by atoms with Gasteiger partial charge in [-0.3, -0.25) is 9.59 Å². The van der Waals surface area contributed by atoms with Crippen LogP contribution in [0.25, 0.3) is 11.1 Å². The first-order chi connectivity index (χ1) is 14.5. The Morgan fingerprint density at radius 1 is 1.10 bits per heavy atom. The third-order valence-electron chi connectivity index (χ3n) is 5.52. The molecule has 1 heterocycles. The number of benzene rings is 2. The summed E-state index contributed by atoms with van der Waals surface area (Å²) in [5, 5.41) is 2.70. The van der Waals surface area contributed by atoms with Crippen molar-refractivity contribution in [2.24, 2.45) is 5.41 Å². The first-order valence-electron chi connectivity index (χ1n) is 9.83. The summed E-state index contributed by atoms with van der Waals surface area (Å²) < 4.78 is 29.1. The number of hydrogen-bond donors (Lipinski definition) is 1. The lowest BCUT2D eigenvalue weighted by Crippen LogP contribution is -2.47. The van der Waals surface area contributed by atoms with Gasteiger partial charge >= 0.3 is 5.97 Å². The van der Waals surface area contributed by atoms with Gasteiger partial charge in [-0.05, 0) is 48.6 Å². The van der Waals surface area contributed by atoms with Crippen molar-refractivity contribution in [2.75, 3.05) is 34.0 Å². The molecule has 0 atom stereocenters. The van der Waals surface area contributed by atoms with E-state index in [4.69, 9.17) is 9.47 Å². The number of halogens is 1. The summed E-state index contributed by atoms with van der Waals surface area (Å²) in [6.45, 7) is 0.824. The average Bonchev–Trinajstić information content (AvgIpc) is 2.78.